The largest absolute Gasteiger partial charge is 0.459 e. The number of rotatable bonds is 19. The average molecular weight is 752 g/mol. The first kappa shape index (κ1) is 40.2. The Bertz CT molecular complexity index is 1510. The minimum absolute atomic E-state index is 0.0219. The van der Waals surface area contributed by atoms with Gasteiger partial charge in [0.15, 0.2) is 0 Å². The van der Waals surface area contributed by atoms with E-state index >= 15 is 0 Å². The summed E-state index contributed by atoms with van der Waals surface area (Å²) in [4.78, 5) is 35.2. The summed E-state index contributed by atoms with van der Waals surface area (Å²) in [5.74, 6) is -0.643. The van der Waals surface area contributed by atoms with Crippen molar-refractivity contribution in [2.75, 3.05) is 39.5 Å². The first-order valence-electron chi connectivity index (χ1n) is 20.5. The second kappa shape index (κ2) is 18.9. The molecule has 7 atom stereocenters. The Labute approximate surface area is 320 Å². The highest BCUT2D eigenvalue weighted by Crippen LogP contribution is 2.62. The summed E-state index contributed by atoms with van der Waals surface area (Å²) in [5.41, 5.74) is 2.63. The van der Waals surface area contributed by atoms with E-state index in [9.17, 15) is 19.8 Å². The fourth-order valence-electron chi connectivity index (χ4n) is 9.14. The monoisotopic (exact) mass is 751 g/mol. The number of unbranched alkanes of at least 4 members (excludes halogenated alkanes) is 2. The van der Waals surface area contributed by atoms with Crippen LogP contribution in [-0.4, -0.2) is 90.5 Å². The molecule has 2 aliphatic heterocycles. The van der Waals surface area contributed by atoms with Crippen LogP contribution in [-0.2, 0) is 19.1 Å². The maximum absolute atomic E-state index is 14.3. The zero-order chi connectivity index (χ0) is 38.1. The first-order chi connectivity index (χ1) is 26.4. The Kier molecular flexibility index (Phi) is 14.1. The maximum Gasteiger partial charge on any atom is 0.412 e. The molecule has 1 aromatic rings. The molecule has 0 aromatic heterocycles. The van der Waals surface area contributed by atoms with Crippen LogP contribution in [0, 0.1) is 23.7 Å². The van der Waals surface area contributed by atoms with E-state index in [-0.39, 0.29) is 49.4 Å². The summed E-state index contributed by atoms with van der Waals surface area (Å²) >= 11 is 0. The molecular formula is C42H61N3O9. The van der Waals surface area contributed by atoms with Gasteiger partial charge >= 0.3 is 6.09 Å². The Morgan fingerprint density at radius 2 is 1.89 bits per heavy atom. The van der Waals surface area contributed by atoms with Crippen molar-refractivity contribution >= 4 is 17.7 Å². The van der Waals surface area contributed by atoms with E-state index in [1.54, 1.807) is 12.1 Å². The van der Waals surface area contributed by atoms with Crippen LogP contribution in [0.5, 0.6) is 11.5 Å². The quantitative estimate of drug-likeness (QED) is 0.0808. The Hall–Kier alpha value is -3.45. The Morgan fingerprint density at radius 1 is 1.09 bits per heavy atom. The minimum Gasteiger partial charge on any atom is -0.459 e. The molecule has 298 valence electrons. The smallest absolute Gasteiger partial charge is 0.412 e. The third kappa shape index (κ3) is 8.82. The van der Waals surface area contributed by atoms with Crippen molar-refractivity contribution in [3.63, 3.8) is 0 Å². The van der Waals surface area contributed by atoms with Gasteiger partial charge in [-0.3, -0.25) is 4.79 Å². The highest BCUT2D eigenvalue weighted by atomic mass is 16.8. The van der Waals surface area contributed by atoms with Gasteiger partial charge in [-0.25, -0.2) is 4.79 Å². The van der Waals surface area contributed by atoms with E-state index in [0.29, 0.717) is 50.5 Å². The highest BCUT2D eigenvalue weighted by Gasteiger charge is 2.65. The van der Waals surface area contributed by atoms with Gasteiger partial charge in [0.1, 0.15) is 17.5 Å². The molecule has 0 spiro atoms. The molecule has 3 N–H and O–H groups in total. The lowest BCUT2D eigenvalue weighted by molar-refractivity contribution is -0.258. The van der Waals surface area contributed by atoms with Crippen LogP contribution in [0.1, 0.15) is 109 Å². The molecule has 12 heteroatoms. The van der Waals surface area contributed by atoms with Gasteiger partial charge in [-0.2, -0.15) is 0 Å². The summed E-state index contributed by atoms with van der Waals surface area (Å²) in [5, 5.41) is 27.3. The zero-order valence-electron chi connectivity index (χ0n) is 32.2. The number of nitrogens with zero attached hydrogens (tertiary/aromatic N) is 2. The van der Waals surface area contributed by atoms with E-state index in [1.807, 2.05) is 24.0 Å². The lowest BCUT2D eigenvalue weighted by atomic mass is 9.55. The number of aliphatic hydroxyl groups is 2. The third-order valence-electron chi connectivity index (χ3n) is 11.6. The number of nitrogens with one attached hydrogen (secondary N) is 1. The van der Waals surface area contributed by atoms with Gasteiger partial charge in [0, 0.05) is 56.5 Å². The number of ether oxygens (including phenoxy) is 4. The predicted octanol–water partition coefficient (Wildman–Crippen LogP) is 6.60. The van der Waals surface area contributed by atoms with E-state index < -0.39 is 30.1 Å². The lowest BCUT2D eigenvalue weighted by Gasteiger charge is -2.60. The fourth-order valence-corrected chi connectivity index (χ4v) is 9.14. The van der Waals surface area contributed by atoms with Crippen LogP contribution in [0.3, 0.4) is 0 Å². The number of carbonyl (C=O) groups excluding carboxylic acids is 2. The summed E-state index contributed by atoms with van der Waals surface area (Å²) in [6.07, 6.45) is 13.3. The van der Waals surface area contributed by atoms with Crippen molar-refractivity contribution in [2.24, 2.45) is 28.8 Å². The minimum atomic E-state index is -1.30. The van der Waals surface area contributed by atoms with Crippen molar-refractivity contribution in [2.45, 2.75) is 121 Å². The molecule has 2 saturated carbocycles. The van der Waals surface area contributed by atoms with Crippen molar-refractivity contribution in [1.29, 1.82) is 0 Å². The van der Waals surface area contributed by atoms with Gasteiger partial charge < -0.3 is 44.2 Å². The van der Waals surface area contributed by atoms with Gasteiger partial charge in [-0.1, -0.05) is 37.1 Å². The van der Waals surface area contributed by atoms with Gasteiger partial charge in [-0.05, 0) is 100 Å². The Morgan fingerprint density at radius 3 is 2.57 bits per heavy atom. The molecule has 54 heavy (non-hydrogen) atoms. The van der Waals surface area contributed by atoms with Crippen LogP contribution in [0.15, 0.2) is 47.7 Å². The number of fused-ring (bicyclic) bond motifs is 2. The number of oxime groups is 1. The molecule has 0 radical (unpaired) electrons. The van der Waals surface area contributed by atoms with Gasteiger partial charge in [0.2, 0.25) is 18.0 Å². The van der Waals surface area contributed by atoms with Crippen LogP contribution >= 0.6 is 0 Å². The molecule has 3 fully saturated rings. The van der Waals surface area contributed by atoms with E-state index in [1.165, 1.54) is 0 Å². The normalized spacial score (nSPS) is 29.3. The fraction of sp³-hybridized carbons (Fsp3) is 0.690. The summed E-state index contributed by atoms with van der Waals surface area (Å²) in [6.45, 7) is 9.95. The standard InChI is InChI=1S/C42H61N3O9/c1-4-20-45(40(48)28-16-17-28)36-27-34(44-54-37-15-9-12-24-50-37)32-25-29(13-7-10-21-46)31(14-8-11-22-47)38-33-26-30(52-41(49)43-6-3)18-19-35(33)53-42(36,39(32)38)51-23-5-2/h5,18-19,25-26,28-29,31,36-39,46-47H,2,4,6-17,20-24,27H2,1,3H3,(H,43,49). The lowest BCUT2D eigenvalue weighted by Crippen LogP contribution is -2.70. The SMILES string of the molecule is C=CCOC12Oc3ccc(OC(=O)NCC)cc3C3C(CCCCO)C(CCCCO)C=C(C(=NOC4CCCCO4)CC1N(CCC)C(=O)C1CC1)C32. The molecule has 6 rings (SSSR count). The zero-order valence-corrected chi connectivity index (χ0v) is 32.2. The summed E-state index contributed by atoms with van der Waals surface area (Å²) < 4.78 is 26.0. The second-order valence-electron chi connectivity index (χ2n) is 15.4. The topological polar surface area (TPSA) is 148 Å². The number of allylic oxidation sites excluding steroid dienone is 1. The van der Waals surface area contributed by atoms with Crippen LogP contribution in [0.25, 0.3) is 0 Å². The van der Waals surface area contributed by atoms with Crippen LogP contribution < -0.4 is 14.8 Å². The number of benzene rings is 1. The molecule has 0 bridgehead atoms. The van der Waals surface area contributed by atoms with Gasteiger partial charge in [0.05, 0.1) is 24.8 Å². The Balaban J connectivity index is 1.57. The molecular weight excluding hydrogens is 690 g/mol. The number of amides is 2. The van der Waals surface area contributed by atoms with Crippen LogP contribution in [0.4, 0.5) is 4.79 Å². The number of hydrogen-bond acceptors (Lipinski definition) is 10. The second-order valence-corrected chi connectivity index (χ2v) is 15.4. The molecule has 2 amide bonds. The van der Waals surface area contributed by atoms with Crippen molar-refractivity contribution in [3.8, 4) is 11.5 Å². The molecule has 1 saturated heterocycles. The third-order valence-corrected chi connectivity index (χ3v) is 11.6. The van der Waals surface area contributed by atoms with Crippen LogP contribution in [0.2, 0.25) is 0 Å². The maximum atomic E-state index is 14.3. The first-order valence-corrected chi connectivity index (χ1v) is 20.5. The van der Waals surface area contributed by atoms with E-state index in [2.05, 4.69) is 24.9 Å². The highest BCUT2D eigenvalue weighted by molar-refractivity contribution is 6.03. The number of carbonyl (C=O) groups is 2. The summed E-state index contributed by atoms with van der Waals surface area (Å²) in [7, 11) is 0. The van der Waals surface area contributed by atoms with Crippen molar-refractivity contribution < 1.29 is 43.6 Å². The number of hydrogen-bond donors (Lipinski definition) is 3. The molecule has 3 aliphatic carbocycles. The summed E-state index contributed by atoms with van der Waals surface area (Å²) in [6, 6.07) is 5.00. The average Bonchev–Trinajstić information content (AvgIpc) is 4.03. The molecule has 7 unspecified atom stereocenters. The molecule has 5 aliphatic rings. The van der Waals surface area contributed by atoms with Crippen molar-refractivity contribution in [1.82, 2.24) is 10.2 Å². The number of aliphatic hydroxyl groups excluding tert-OH is 2. The van der Waals surface area contributed by atoms with E-state index in [4.69, 9.17) is 28.9 Å². The molecule has 12 nitrogen and oxygen atoms in total. The van der Waals surface area contributed by atoms with Gasteiger partial charge in [0.25, 0.3) is 0 Å². The predicted molar refractivity (Wildman–Crippen MR) is 204 cm³/mol. The van der Waals surface area contributed by atoms with E-state index in [0.717, 1.165) is 81.1 Å². The van der Waals surface area contributed by atoms with Crippen molar-refractivity contribution in [3.05, 3.63) is 48.1 Å². The molecule has 1 aromatic carbocycles. The molecule has 2 heterocycles. The van der Waals surface area contributed by atoms with Gasteiger partial charge in [-0.15, -0.1) is 6.58 Å².